The molecule has 0 aliphatic carbocycles. The van der Waals surface area contributed by atoms with Gasteiger partial charge in [-0.1, -0.05) is 12.1 Å². The molecule has 0 unspecified atom stereocenters. The first-order valence-corrected chi connectivity index (χ1v) is 6.53. The zero-order chi connectivity index (χ0) is 14.3. The Morgan fingerprint density at radius 3 is 2.85 bits per heavy atom. The number of hydroxylamine groups is 2. The molecule has 1 amide bonds. The smallest absolute Gasteiger partial charge is 0.281 e. The van der Waals surface area contributed by atoms with Crippen LogP contribution in [0.3, 0.4) is 0 Å². The van der Waals surface area contributed by atoms with Crippen molar-refractivity contribution in [1.29, 1.82) is 0 Å². The Balaban J connectivity index is 2.03. The second-order valence-electron chi connectivity index (χ2n) is 4.77. The van der Waals surface area contributed by atoms with Gasteiger partial charge >= 0.3 is 0 Å². The van der Waals surface area contributed by atoms with E-state index in [4.69, 9.17) is 0 Å². The van der Waals surface area contributed by atoms with E-state index in [2.05, 4.69) is 10.4 Å². The van der Waals surface area contributed by atoms with Crippen LogP contribution in [0.25, 0.3) is 0 Å². The van der Waals surface area contributed by atoms with Crippen molar-refractivity contribution in [1.82, 2.24) is 14.8 Å². The van der Waals surface area contributed by atoms with Crippen molar-refractivity contribution in [2.45, 2.75) is 26.6 Å². The Labute approximate surface area is 116 Å². The lowest BCUT2D eigenvalue weighted by molar-refractivity contribution is -0.0852. The van der Waals surface area contributed by atoms with Crippen LogP contribution in [0, 0.1) is 6.92 Å². The van der Waals surface area contributed by atoms with Crippen molar-refractivity contribution in [3.63, 3.8) is 0 Å². The predicted molar refractivity (Wildman–Crippen MR) is 73.4 cm³/mol. The highest BCUT2D eigenvalue weighted by molar-refractivity contribution is 6.01. The van der Waals surface area contributed by atoms with E-state index in [1.165, 1.54) is 0 Å². The first kappa shape index (κ1) is 12.7. The number of carbonyl (C=O) groups excluding carboxylic acids is 1. The van der Waals surface area contributed by atoms with Gasteiger partial charge in [0.2, 0.25) is 0 Å². The molecule has 0 saturated carbocycles. The van der Waals surface area contributed by atoms with Gasteiger partial charge < -0.3 is 5.32 Å². The molecule has 104 valence electrons. The van der Waals surface area contributed by atoms with Crippen LogP contribution in [0.1, 0.15) is 34.7 Å². The number of hydrogen-bond donors (Lipinski definition) is 2. The summed E-state index contributed by atoms with van der Waals surface area (Å²) in [6.07, 6.45) is 1.23. The number of amides is 1. The molecular weight excluding hydrogens is 256 g/mol. The number of fused-ring (bicyclic) bond motifs is 1. The Hall–Kier alpha value is -2.34. The Bertz CT molecular complexity index is 665. The molecule has 0 bridgehead atoms. The molecule has 0 fully saturated rings. The highest BCUT2D eigenvalue weighted by Crippen LogP contribution is 2.32. The number of rotatable bonds is 2. The topological polar surface area (TPSA) is 70.4 Å². The standard InChI is InChI=1S/C14H16N4O2/c1-3-17-8-11(9(2)16-17)13-15-12-7-5-4-6-10(12)14(19)18(13)20/h4-8,13,15,20H,3H2,1-2H3/t13-/m1/s1. The summed E-state index contributed by atoms with van der Waals surface area (Å²) in [7, 11) is 0. The SMILES string of the molecule is CCn1cc([C@@H]2Nc3ccccc3C(=O)N2O)c(C)n1. The van der Waals surface area contributed by atoms with Gasteiger partial charge in [-0.25, -0.2) is 0 Å². The summed E-state index contributed by atoms with van der Waals surface area (Å²) in [5.74, 6) is -0.409. The second kappa shape index (κ2) is 4.64. The van der Waals surface area contributed by atoms with Gasteiger partial charge in [0.15, 0.2) is 6.17 Å². The summed E-state index contributed by atoms with van der Waals surface area (Å²) in [5.41, 5.74) is 2.76. The zero-order valence-corrected chi connectivity index (χ0v) is 11.4. The minimum absolute atomic E-state index is 0.409. The number of aromatic nitrogens is 2. The molecule has 2 heterocycles. The van der Waals surface area contributed by atoms with Crippen LogP contribution in [0.2, 0.25) is 0 Å². The second-order valence-corrected chi connectivity index (χ2v) is 4.77. The maximum absolute atomic E-state index is 12.2. The normalized spacial score (nSPS) is 17.9. The number of para-hydroxylation sites is 1. The molecule has 1 aromatic heterocycles. The molecule has 0 radical (unpaired) electrons. The highest BCUT2D eigenvalue weighted by Gasteiger charge is 2.33. The molecule has 6 nitrogen and oxygen atoms in total. The molecule has 20 heavy (non-hydrogen) atoms. The van der Waals surface area contributed by atoms with E-state index in [-0.39, 0.29) is 0 Å². The zero-order valence-electron chi connectivity index (χ0n) is 11.4. The van der Waals surface area contributed by atoms with Crippen LogP contribution in [-0.2, 0) is 6.54 Å². The highest BCUT2D eigenvalue weighted by atomic mass is 16.5. The quantitative estimate of drug-likeness (QED) is 0.822. The molecule has 2 aromatic rings. The summed E-state index contributed by atoms with van der Waals surface area (Å²) in [6.45, 7) is 4.59. The summed E-state index contributed by atoms with van der Waals surface area (Å²) < 4.78 is 1.78. The van der Waals surface area contributed by atoms with Crippen molar-refractivity contribution in [3.8, 4) is 0 Å². The fourth-order valence-electron chi connectivity index (χ4n) is 2.42. The average molecular weight is 272 g/mol. The van der Waals surface area contributed by atoms with Gasteiger partial charge in [-0.05, 0) is 26.0 Å². The lowest BCUT2D eigenvalue weighted by Crippen LogP contribution is -2.40. The van der Waals surface area contributed by atoms with Gasteiger partial charge in [0.1, 0.15) is 0 Å². The Kier molecular flexibility index (Phi) is 2.94. The monoisotopic (exact) mass is 272 g/mol. The van der Waals surface area contributed by atoms with E-state index >= 15 is 0 Å². The summed E-state index contributed by atoms with van der Waals surface area (Å²) in [6, 6.07) is 7.14. The number of hydrogen-bond acceptors (Lipinski definition) is 4. The van der Waals surface area contributed by atoms with E-state index in [1.807, 2.05) is 32.2 Å². The molecule has 1 aromatic carbocycles. The number of nitrogens with zero attached hydrogens (tertiary/aromatic N) is 3. The van der Waals surface area contributed by atoms with E-state index in [0.717, 1.165) is 28.6 Å². The van der Waals surface area contributed by atoms with Crippen molar-refractivity contribution < 1.29 is 10.0 Å². The Morgan fingerprint density at radius 1 is 1.40 bits per heavy atom. The van der Waals surface area contributed by atoms with Crippen molar-refractivity contribution in [3.05, 3.63) is 47.3 Å². The first-order valence-electron chi connectivity index (χ1n) is 6.53. The molecule has 1 aliphatic heterocycles. The van der Waals surface area contributed by atoms with E-state index in [9.17, 15) is 10.0 Å². The van der Waals surface area contributed by atoms with E-state index in [1.54, 1.807) is 16.8 Å². The lowest BCUT2D eigenvalue weighted by Gasteiger charge is -2.33. The van der Waals surface area contributed by atoms with Gasteiger partial charge in [0, 0.05) is 24.0 Å². The first-order chi connectivity index (χ1) is 9.61. The number of carbonyl (C=O) groups is 1. The molecule has 2 N–H and O–H groups in total. The number of anilines is 1. The minimum atomic E-state index is -0.613. The number of benzene rings is 1. The van der Waals surface area contributed by atoms with Crippen molar-refractivity contribution >= 4 is 11.6 Å². The van der Waals surface area contributed by atoms with Gasteiger partial charge in [-0.3, -0.25) is 14.7 Å². The third-order valence-corrected chi connectivity index (χ3v) is 3.51. The van der Waals surface area contributed by atoms with Gasteiger partial charge in [-0.15, -0.1) is 0 Å². The number of aryl methyl sites for hydroxylation is 2. The largest absolute Gasteiger partial charge is 0.359 e. The molecule has 6 heteroatoms. The maximum atomic E-state index is 12.2. The van der Waals surface area contributed by atoms with Gasteiger partial charge in [0.05, 0.1) is 11.3 Å². The van der Waals surface area contributed by atoms with Crippen LogP contribution in [-0.4, -0.2) is 26.0 Å². The van der Waals surface area contributed by atoms with Crippen LogP contribution >= 0.6 is 0 Å². The lowest BCUT2D eigenvalue weighted by atomic mass is 10.1. The average Bonchev–Trinajstić information content (AvgIpc) is 2.84. The molecule has 0 saturated heterocycles. The fourth-order valence-corrected chi connectivity index (χ4v) is 2.42. The fraction of sp³-hybridized carbons (Fsp3) is 0.286. The van der Waals surface area contributed by atoms with Crippen molar-refractivity contribution in [2.75, 3.05) is 5.32 Å². The van der Waals surface area contributed by atoms with E-state index < -0.39 is 12.1 Å². The van der Waals surface area contributed by atoms with Gasteiger partial charge in [-0.2, -0.15) is 10.2 Å². The molecular formula is C14H16N4O2. The molecule has 0 spiro atoms. The minimum Gasteiger partial charge on any atom is -0.359 e. The molecule has 3 rings (SSSR count). The third kappa shape index (κ3) is 1.85. The Morgan fingerprint density at radius 2 is 2.15 bits per heavy atom. The summed E-state index contributed by atoms with van der Waals surface area (Å²) >= 11 is 0. The van der Waals surface area contributed by atoms with Crippen LogP contribution < -0.4 is 5.32 Å². The third-order valence-electron chi connectivity index (χ3n) is 3.51. The van der Waals surface area contributed by atoms with E-state index in [0.29, 0.717) is 5.56 Å². The van der Waals surface area contributed by atoms with Crippen LogP contribution in [0.5, 0.6) is 0 Å². The maximum Gasteiger partial charge on any atom is 0.281 e. The van der Waals surface area contributed by atoms with Crippen LogP contribution in [0.4, 0.5) is 5.69 Å². The predicted octanol–water partition coefficient (Wildman–Crippen LogP) is 2.17. The molecule has 1 atom stereocenters. The van der Waals surface area contributed by atoms with Crippen molar-refractivity contribution in [2.24, 2.45) is 0 Å². The molecule has 1 aliphatic rings. The number of nitrogens with one attached hydrogen (secondary N) is 1. The van der Waals surface area contributed by atoms with Gasteiger partial charge in [0.25, 0.3) is 5.91 Å². The van der Waals surface area contributed by atoms with Crippen LogP contribution in [0.15, 0.2) is 30.5 Å². The summed E-state index contributed by atoms with van der Waals surface area (Å²) in [5, 5.41) is 18.4. The summed E-state index contributed by atoms with van der Waals surface area (Å²) in [4.78, 5) is 12.2.